The Labute approximate surface area is 93.8 Å². The number of aryl methyl sites for hydroxylation is 1. The number of piperidine rings is 1. The van der Waals surface area contributed by atoms with E-state index in [4.69, 9.17) is 0 Å². The summed E-state index contributed by atoms with van der Waals surface area (Å²) in [5, 5.41) is 17.8. The zero-order valence-corrected chi connectivity index (χ0v) is 9.13. The Morgan fingerprint density at radius 2 is 2.56 bits per heavy atom. The second kappa shape index (κ2) is 5.07. The van der Waals surface area contributed by atoms with Gasteiger partial charge in [0, 0.05) is 6.54 Å². The summed E-state index contributed by atoms with van der Waals surface area (Å²) >= 11 is 0. The van der Waals surface area contributed by atoms with E-state index in [9.17, 15) is 10.1 Å². The SMILES string of the molecule is O=[N+]([O-])c1cnn(CCC2CCCNC2)c1. The highest BCUT2D eigenvalue weighted by atomic mass is 16.6. The van der Waals surface area contributed by atoms with Gasteiger partial charge in [-0.3, -0.25) is 14.8 Å². The van der Waals surface area contributed by atoms with Crippen molar-refractivity contribution in [1.82, 2.24) is 15.1 Å². The fourth-order valence-corrected chi connectivity index (χ4v) is 2.05. The van der Waals surface area contributed by atoms with Gasteiger partial charge in [0.2, 0.25) is 0 Å². The summed E-state index contributed by atoms with van der Waals surface area (Å²) in [6, 6.07) is 0. The Morgan fingerprint density at radius 1 is 1.69 bits per heavy atom. The van der Waals surface area contributed by atoms with Crippen LogP contribution in [-0.4, -0.2) is 27.8 Å². The predicted octanol–water partition coefficient (Wildman–Crippen LogP) is 1.18. The van der Waals surface area contributed by atoms with Gasteiger partial charge in [0.25, 0.3) is 0 Å². The molecule has 1 unspecified atom stereocenters. The van der Waals surface area contributed by atoms with Gasteiger partial charge in [0.15, 0.2) is 0 Å². The first-order valence-corrected chi connectivity index (χ1v) is 5.63. The van der Waals surface area contributed by atoms with Crippen LogP contribution in [-0.2, 0) is 6.54 Å². The Bertz CT molecular complexity index is 357. The molecule has 1 aromatic rings. The van der Waals surface area contributed by atoms with E-state index in [0.29, 0.717) is 5.92 Å². The summed E-state index contributed by atoms with van der Waals surface area (Å²) in [6.45, 7) is 2.94. The van der Waals surface area contributed by atoms with Gasteiger partial charge in [0.1, 0.15) is 12.4 Å². The molecule has 0 aliphatic carbocycles. The standard InChI is InChI=1S/C10H16N4O2/c15-14(16)10-7-12-13(8-10)5-3-9-2-1-4-11-6-9/h7-9,11H,1-6H2. The van der Waals surface area contributed by atoms with Gasteiger partial charge in [-0.2, -0.15) is 5.10 Å². The van der Waals surface area contributed by atoms with E-state index < -0.39 is 4.92 Å². The monoisotopic (exact) mass is 224 g/mol. The van der Waals surface area contributed by atoms with E-state index in [0.717, 1.165) is 26.1 Å². The molecule has 2 heterocycles. The van der Waals surface area contributed by atoms with Crippen LogP contribution in [0.1, 0.15) is 19.3 Å². The maximum atomic E-state index is 10.5. The molecule has 0 saturated carbocycles. The summed E-state index contributed by atoms with van der Waals surface area (Å²) in [7, 11) is 0. The van der Waals surface area contributed by atoms with Crippen molar-refractivity contribution in [3.05, 3.63) is 22.5 Å². The van der Waals surface area contributed by atoms with Gasteiger partial charge in [-0.1, -0.05) is 0 Å². The Morgan fingerprint density at radius 3 is 3.19 bits per heavy atom. The average molecular weight is 224 g/mol. The normalized spacial score (nSPS) is 20.9. The van der Waals surface area contributed by atoms with E-state index >= 15 is 0 Å². The van der Waals surface area contributed by atoms with Gasteiger partial charge in [0.05, 0.1) is 4.92 Å². The molecule has 6 heteroatoms. The largest absolute Gasteiger partial charge is 0.316 e. The topological polar surface area (TPSA) is 73.0 Å². The Balaban J connectivity index is 1.81. The van der Waals surface area contributed by atoms with Crippen molar-refractivity contribution in [3.8, 4) is 0 Å². The number of hydrogen-bond donors (Lipinski definition) is 1. The molecule has 0 aromatic carbocycles. The van der Waals surface area contributed by atoms with Crippen LogP contribution in [0.4, 0.5) is 5.69 Å². The van der Waals surface area contributed by atoms with Crippen molar-refractivity contribution in [2.45, 2.75) is 25.8 Å². The highest BCUT2D eigenvalue weighted by Crippen LogP contribution is 2.15. The fourth-order valence-electron chi connectivity index (χ4n) is 2.05. The first-order chi connectivity index (χ1) is 7.75. The second-order valence-corrected chi connectivity index (χ2v) is 4.22. The fraction of sp³-hybridized carbons (Fsp3) is 0.700. The van der Waals surface area contributed by atoms with Crippen LogP contribution in [0.5, 0.6) is 0 Å². The number of nitrogens with one attached hydrogen (secondary N) is 1. The minimum Gasteiger partial charge on any atom is -0.316 e. The van der Waals surface area contributed by atoms with Crippen LogP contribution in [0.15, 0.2) is 12.4 Å². The number of hydrogen-bond acceptors (Lipinski definition) is 4. The van der Waals surface area contributed by atoms with Crippen molar-refractivity contribution < 1.29 is 4.92 Å². The van der Waals surface area contributed by atoms with Gasteiger partial charge >= 0.3 is 5.69 Å². The third-order valence-corrected chi connectivity index (χ3v) is 3.00. The number of rotatable bonds is 4. The molecule has 0 spiro atoms. The van der Waals surface area contributed by atoms with E-state index in [-0.39, 0.29) is 5.69 Å². The quantitative estimate of drug-likeness (QED) is 0.615. The van der Waals surface area contributed by atoms with Crippen LogP contribution < -0.4 is 5.32 Å². The van der Waals surface area contributed by atoms with E-state index in [1.807, 2.05) is 0 Å². The third-order valence-electron chi connectivity index (χ3n) is 3.00. The summed E-state index contributed by atoms with van der Waals surface area (Å²) in [5.74, 6) is 0.678. The lowest BCUT2D eigenvalue weighted by molar-refractivity contribution is -0.385. The van der Waals surface area contributed by atoms with Crippen LogP contribution in [0.3, 0.4) is 0 Å². The molecule has 1 atom stereocenters. The van der Waals surface area contributed by atoms with Gasteiger partial charge in [-0.25, -0.2) is 0 Å². The molecular formula is C10H16N4O2. The Kier molecular flexibility index (Phi) is 3.51. The molecule has 1 saturated heterocycles. The van der Waals surface area contributed by atoms with E-state index in [1.165, 1.54) is 25.2 Å². The van der Waals surface area contributed by atoms with E-state index in [1.54, 1.807) is 4.68 Å². The lowest BCUT2D eigenvalue weighted by Gasteiger charge is -2.22. The number of aromatic nitrogens is 2. The van der Waals surface area contributed by atoms with Crippen molar-refractivity contribution in [1.29, 1.82) is 0 Å². The minimum atomic E-state index is -0.411. The summed E-state index contributed by atoms with van der Waals surface area (Å²) in [4.78, 5) is 10.1. The number of nitrogens with zero attached hydrogens (tertiary/aromatic N) is 3. The average Bonchev–Trinajstić information content (AvgIpc) is 2.76. The maximum Gasteiger partial charge on any atom is 0.306 e. The highest BCUT2D eigenvalue weighted by molar-refractivity contribution is 5.20. The predicted molar refractivity (Wildman–Crippen MR) is 59.1 cm³/mol. The summed E-state index contributed by atoms with van der Waals surface area (Å²) in [6.07, 6.45) is 6.31. The minimum absolute atomic E-state index is 0.0711. The lowest BCUT2D eigenvalue weighted by Crippen LogP contribution is -2.30. The maximum absolute atomic E-state index is 10.5. The molecule has 6 nitrogen and oxygen atoms in total. The zero-order chi connectivity index (χ0) is 11.4. The molecule has 2 rings (SSSR count). The van der Waals surface area contributed by atoms with Gasteiger partial charge in [-0.05, 0) is 38.3 Å². The Hall–Kier alpha value is -1.43. The van der Waals surface area contributed by atoms with E-state index in [2.05, 4.69) is 10.4 Å². The smallest absolute Gasteiger partial charge is 0.306 e. The molecular weight excluding hydrogens is 208 g/mol. The first kappa shape index (κ1) is 11.1. The molecule has 1 fully saturated rings. The molecule has 1 N–H and O–H groups in total. The first-order valence-electron chi connectivity index (χ1n) is 5.63. The van der Waals surface area contributed by atoms with Crippen molar-refractivity contribution in [2.24, 2.45) is 5.92 Å². The molecule has 1 aliphatic rings. The molecule has 88 valence electrons. The molecule has 1 aromatic heterocycles. The van der Waals surface area contributed by atoms with Crippen LogP contribution >= 0.6 is 0 Å². The molecule has 0 radical (unpaired) electrons. The van der Waals surface area contributed by atoms with Crippen molar-refractivity contribution in [2.75, 3.05) is 13.1 Å². The van der Waals surface area contributed by atoms with Crippen molar-refractivity contribution >= 4 is 5.69 Å². The van der Waals surface area contributed by atoms with Gasteiger partial charge in [-0.15, -0.1) is 0 Å². The van der Waals surface area contributed by atoms with Crippen LogP contribution in [0.25, 0.3) is 0 Å². The third kappa shape index (κ3) is 2.79. The summed E-state index contributed by atoms with van der Waals surface area (Å²) in [5.41, 5.74) is 0.0711. The van der Waals surface area contributed by atoms with Crippen LogP contribution in [0.2, 0.25) is 0 Å². The second-order valence-electron chi connectivity index (χ2n) is 4.22. The molecule has 0 bridgehead atoms. The van der Waals surface area contributed by atoms with Gasteiger partial charge < -0.3 is 5.32 Å². The molecule has 0 amide bonds. The van der Waals surface area contributed by atoms with Crippen molar-refractivity contribution in [3.63, 3.8) is 0 Å². The molecule has 1 aliphatic heterocycles. The number of nitro groups is 1. The molecule has 16 heavy (non-hydrogen) atoms. The summed E-state index contributed by atoms with van der Waals surface area (Å²) < 4.78 is 1.66. The highest BCUT2D eigenvalue weighted by Gasteiger charge is 2.14. The van der Waals surface area contributed by atoms with Crippen LogP contribution in [0, 0.1) is 16.0 Å². The zero-order valence-electron chi connectivity index (χ0n) is 9.13. The lowest BCUT2D eigenvalue weighted by atomic mass is 9.96.